The van der Waals surface area contributed by atoms with Gasteiger partial charge in [-0.3, -0.25) is 0 Å². The second kappa shape index (κ2) is 8.16. The summed E-state index contributed by atoms with van der Waals surface area (Å²) >= 11 is 0. The molecule has 0 fully saturated rings. The number of ether oxygens (including phenoxy) is 1. The summed E-state index contributed by atoms with van der Waals surface area (Å²) in [4.78, 5) is 5.14. The maximum absolute atomic E-state index is 9.49. The maximum Gasteiger partial charge on any atom is 0.137 e. The number of nitrogens with one attached hydrogen (secondary N) is 1. The second-order valence-electron chi connectivity index (χ2n) is 7.55. The van der Waals surface area contributed by atoms with Crippen LogP contribution >= 0.6 is 0 Å². The Bertz CT molecular complexity index is 1030. The molecular weight excluding hydrogens is 364 g/mol. The highest BCUT2D eigenvalue weighted by Crippen LogP contribution is 2.35. The van der Waals surface area contributed by atoms with E-state index in [-0.39, 0.29) is 12.1 Å². The number of fused-ring (bicyclic) bond motifs is 1. The number of hydrogen-bond donors (Lipinski definition) is 1. The lowest BCUT2D eigenvalue weighted by Gasteiger charge is -2.13. The fourth-order valence-corrected chi connectivity index (χ4v) is 4.00. The SMILES string of the molecule is CONC1CCc2c(C3=NN=C(c4ccc(OC(C)C)c(C#N)c4)C3)cccc21. The Labute approximate surface area is 170 Å². The predicted molar refractivity (Wildman–Crippen MR) is 112 cm³/mol. The minimum absolute atomic E-state index is 0.0170. The lowest BCUT2D eigenvalue weighted by atomic mass is 9.94. The fourth-order valence-electron chi connectivity index (χ4n) is 4.00. The van der Waals surface area contributed by atoms with Crippen LogP contribution in [-0.4, -0.2) is 24.6 Å². The topological polar surface area (TPSA) is 79.0 Å². The molecule has 148 valence electrons. The van der Waals surface area contributed by atoms with Crippen LogP contribution < -0.4 is 10.2 Å². The minimum atomic E-state index is 0.0170. The predicted octanol–water partition coefficient (Wildman–Crippen LogP) is 4.08. The normalized spacial score (nSPS) is 17.7. The summed E-state index contributed by atoms with van der Waals surface area (Å²) in [5, 5.41) is 18.4. The number of nitrogens with zero attached hydrogens (tertiary/aromatic N) is 3. The van der Waals surface area contributed by atoms with Crippen LogP contribution in [0.15, 0.2) is 46.6 Å². The van der Waals surface area contributed by atoms with Crippen molar-refractivity contribution in [3.05, 3.63) is 64.2 Å². The zero-order valence-corrected chi connectivity index (χ0v) is 16.9. The van der Waals surface area contributed by atoms with Crippen LogP contribution in [0.4, 0.5) is 0 Å². The van der Waals surface area contributed by atoms with Gasteiger partial charge in [0, 0.05) is 12.0 Å². The maximum atomic E-state index is 9.49. The van der Waals surface area contributed by atoms with Crippen molar-refractivity contribution in [1.82, 2.24) is 5.48 Å². The van der Waals surface area contributed by atoms with E-state index in [2.05, 4.69) is 40.0 Å². The summed E-state index contributed by atoms with van der Waals surface area (Å²) in [6.07, 6.45) is 2.65. The number of hydrogen-bond acceptors (Lipinski definition) is 6. The van der Waals surface area contributed by atoms with E-state index in [9.17, 15) is 5.26 Å². The summed E-state index contributed by atoms with van der Waals surface area (Å²) < 4.78 is 5.72. The highest BCUT2D eigenvalue weighted by molar-refractivity contribution is 6.20. The van der Waals surface area contributed by atoms with Gasteiger partial charge in [0.1, 0.15) is 11.8 Å². The van der Waals surface area contributed by atoms with Crippen molar-refractivity contribution in [2.75, 3.05) is 7.11 Å². The standard InChI is InChI=1S/C23H24N4O2/c1-14(2)29-23-10-7-15(11-16(23)13-24)21-12-22(26-25-21)19-6-4-5-18-17(19)8-9-20(18)27-28-3/h4-7,10-11,14,20,27H,8-9,12H2,1-3H3. The average molecular weight is 388 g/mol. The van der Waals surface area contributed by atoms with Crippen molar-refractivity contribution < 1.29 is 9.57 Å². The Morgan fingerprint density at radius 3 is 2.76 bits per heavy atom. The molecule has 1 unspecified atom stereocenters. The lowest BCUT2D eigenvalue weighted by molar-refractivity contribution is 0.0610. The lowest BCUT2D eigenvalue weighted by Crippen LogP contribution is -2.17. The Morgan fingerprint density at radius 1 is 1.17 bits per heavy atom. The van der Waals surface area contributed by atoms with Gasteiger partial charge in [-0.25, -0.2) is 0 Å². The van der Waals surface area contributed by atoms with E-state index < -0.39 is 0 Å². The molecule has 0 saturated carbocycles. The Balaban J connectivity index is 1.55. The molecule has 1 N–H and O–H groups in total. The van der Waals surface area contributed by atoms with Crippen molar-refractivity contribution in [2.24, 2.45) is 10.2 Å². The van der Waals surface area contributed by atoms with Crippen LogP contribution in [0.5, 0.6) is 5.75 Å². The summed E-state index contributed by atoms with van der Waals surface area (Å²) in [5.41, 5.74) is 10.1. The van der Waals surface area contributed by atoms with Gasteiger partial charge in [0.05, 0.1) is 36.2 Å². The monoisotopic (exact) mass is 388 g/mol. The summed E-state index contributed by atoms with van der Waals surface area (Å²) in [6, 6.07) is 14.4. The smallest absolute Gasteiger partial charge is 0.137 e. The van der Waals surface area contributed by atoms with Crippen molar-refractivity contribution in [1.29, 1.82) is 5.26 Å². The Morgan fingerprint density at radius 2 is 2.00 bits per heavy atom. The van der Waals surface area contributed by atoms with Crippen molar-refractivity contribution >= 4 is 11.4 Å². The third kappa shape index (κ3) is 3.80. The molecule has 1 atom stereocenters. The van der Waals surface area contributed by atoms with Gasteiger partial charge in [-0.05, 0) is 61.6 Å². The number of rotatable bonds is 6. The molecule has 0 amide bonds. The molecule has 2 aromatic carbocycles. The van der Waals surface area contributed by atoms with Gasteiger partial charge in [-0.1, -0.05) is 18.2 Å². The van der Waals surface area contributed by atoms with Gasteiger partial charge in [-0.15, -0.1) is 0 Å². The fraction of sp³-hybridized carbons (Fsp3) is 0.348. The molecule has 1 aliphatic carbocycles. The molecule has 1 heterocycles. The van der Waals surface area contributed by atoms with E-state index in [0.29, 0.717) is 17.7 Å². The summed E-state index contributed by atoms with van der Waals surface area (Å²) in [6.45, 7) is 3.89. The molecular formula is C23H24N4O2. The van der Waals surface area contributed by atoms with Crippen molar-refractivity contribution in [3.8, 4) is 11.8 Å². The van der Waals surface area contributed by atoms with Crippen molar-refractivity contribution in [2.45, 2.75) is 45.3 Å². The zero-order valence-electron chi connectivity index (χ0n) is 16.9. The minimum Gasteiger partial charge on any atom is -0.490 e. The Kier molecular flexibility index (Phi) is 5.43. The number of hydroxylamine groups is 1. The molecule has 0 aromatic heterocycles. The molecule has 0 saturated heterocycles. The van der Waals surface area contributed by atoms with Gasteiger partial charge < -0.3 is 9.57 Å². The summed E-state index contributed by atoms with van der Waals surface area (Å²) in [7, 11) is 1.65. The van der Waals surface area contributed by atoms with Gasteiger partial charge in [0.25, 0.3) is 0 Å². The second-order valence-corrected chi connectivity index (χ2v) is 7.55. The van der Waals surface area contributed by atoms with Crippen molar-refractivity contribution in [3.63, 3.8) is 0 Å². The van der Waals surface area contributed by atoms with Crippen LogP contribution in [0.1, 0.15) is 60.5 Å². The molecule has 0 radical (unpaired) electrons. The van der Waals surface area contributed by atoms with E-state index in [1.807, 2.05) is 32.0 Å². The van der Waals surface area contributed by atoms with Gasteiger partial charge in [0.15, 0.2) is 0 Å². The van der Waals surface area contributed by atoms with E-state index in [1.165, 1.54) is 11.1 Å². The largest absolute Gasteiger partial charge is 0.490 e. The van der Waals surface area contributed by atoms with E-state index in [4.69, 9.17) is 9.57 Å². The van der Waals surface area contributed by atoms with Crippen LogP contribution in [0.25, 0.3) is 0 Å². The summed E-state index contributed by atoms with van der Waals surface area (Å²) in [5.74, 6) is 0.601. The molecule has 6 heteroatoms. The molecule has 6 nitrogen and oxygen atoms in total. The zero-order chi connectivity index (χ0) is 20.4. The molecule has 29 heavy (non-hydrogen) atoms. The average Bonchev–Trinajstić information content (AvgIpc) is 3.36. The molecule has 0 spiro atoms. The van der Waals surface area contributed by atoms with E-state index in [0.717, 1.165) is 35.4 Å². The first kappa shape index (κ1) is 19.3. The highest BCUT2D eigenvalue weighted by atomic mass is 16.6. The molecule has 2 aliphatic rings. The highest BCUT2D eigenvalue weighted by Gasteiger charge is 2.27. The van der Waals surface area contributed by atoms with Gasteiger partial charge in [0.2, 0.25) is 0 Å². The third-order valence-corrected chi connectivity index (χ3v) is 5.26. The third-order valence-electron chi connectivity index (χ3n) is 5.26. The van der Waals surface area contributed by atoms with Gasteiger partial charge in [-0.2, -0.15) is 20.9 Å². The molecule has 0 bridgehead atoms. The van der Waals surface area contributed by atoms with Crippen LogP contribution in [0, 0.1) is 11.3 Å². The van der Waals surface area contributed by atoms with Gasteiger partial charge >= 0.3 is 0 Å². The quantitative estimate of drug-likeness (QED) is 0.756. The molecule has 4 rings (SSSR count). The number of nitriles is 1. The first-order chi connectivity index (χ1) is 14.1. The van der Waals surface area contributed by atoms with Crippen LogP contribution in [-0.2, 0) is 11.3 Å². The first-order valence-electron chi connectivity index (χ1n) is 9.86. The van der Waals surface area contributed by atoms with E-state index in [1.54, 1.807) is 7.11 Å². The van der Waals surface area contributed by atoms with E-state index >= 15 is 0 Å². The van der Waals surface area contributed by atoms with Crippen LogP contribution in [0.2, 0.25) is 0 Å². The van der Waals surface area contributed by atoms with Crippen LogP contribution in [0.3, 0.4) is 0 Å². The number of benzene rings is 2. The molecule has 1 aliphatic heterocycles. The molecule has 2 aromatic rings. The first-order valence-corrected chi connectivity index (χ1v) is 9.86. The Hall–Kier alpha value is -3.01.